The number of hydrogen-bond donors (Lipinski definition) is 4. The highest BCUT2D eigenvalue weighted by Gasteiger charge is 2.23. The number of guanidine groups is 1. The third kappa shape index (κ3) is 5.33. The Bertz CT molecular complexity index is 805. The number of carboxylic acid groups (broad SMARTS) is 1. The van der Waals surface area contributed by atoms with E-state index >= 15 is 0 Å². The van der Waals surface area contributed by atoms with Gasteiger partial charge in [-0.3, -0.25) is 9.79 Å². The number of aliphatic imine (C=N–C) groups is 1. The Morgan fingerprint density at radius 2 is 1.96 bits per heavy atom. The second-order valence-electron chi connectivity index (χ2n) is 5.93. The van der Waals surface area contributed by atoms with Crippen LogP contribution < -0.4 is 20.9 Å². The quantitative estimate of drug-likeness (QED) is 0.286. The van der Waals surface area contributed by atoms with E-state index < -0.39 is 22.0 Å². The molecule has 0 aliphatic heterocycles. The number of aliphatic carboxylic acids is 1. The summed E-state index contributed by atoms with van der Waals surface area (Å²) < 4.78 is 32.8. The summed E-state index contributed by atoms with van der Waals surface area (Å²) in [6, 6.07) is 0.674. The van der Waals surface area contributed by atoms with Gasteiger partial charge in [0.2, 0.25) is 5.96 Å². The molecule has 10 heteroatoms. The van der Waals surface area contributed by atoms with Crippen molar-refractivity contribution in [3.8, 4) is 5.75 Å². The molecule has 1 rings (SSSR count). The third-order valence-corrected chi connectivity index (χ3v) is 5.62. The fraction of sp³-hybridized carbons (Fsp3) is 0.500. The van der Waals surface area contributed by atoms with Gasteiger partial charge in [-0.2, -0.15) is 0 Å². The molecule has 0 heterocycles. The maximum atomic E-state index is 12.7. The maximum Gasteiger partial charge on any atom is 0.320 e. The molecule has 0 aromatic heterocycles. The second kappa shape index (κ2) is 8.86. The molecule has 9 nitrogen and oxygen atoms in total. The molecule has 1 aromatic rings. The van der Waals surface area contributed by atoms with Crippen LogP contribution in [0.5, 0.6) is 5.75 Å². The number of aryl methyl sites for hydroxylation is 1. The zero-order chi connectivity index (χ0) is 20.1. The lowest BCUT2D eigenvalue weighted by atomic mass is 10.1. The number of nitrogens with zero attached hydrogens (tertiary/aromatic N) is 1. The predicted molar refractivity (Wildman–Crippen MR) is 98.9 cm³/mol. The van der Waals surface area contributed by atoms with Crippen LogP contribution in [0.3, 0.4) is 0 Å². The number of sulfonamides is 1. The number of methoxy groups -OCH3 is 1. The molecule has 146 valence electrons. The first-order chi connectivity index (χ1) is 12.0. The summed E-state index contributed by atoms with van der Waals surface area (Å²) in [7, 11) is -2.39. The number of carbonyl (C=O) groups is 1. The maximum absolute atomic E-state index is 12.7. The molecule has 0 bridgehead atoms. The van der Waals surface area contributed by atoms with Crippen molar-refractivity contribution in [1.82, 2.24) is 4.72 Å². The van der Waals surface area contributed by atoms with Crippen LogP contribution in [-0.2, 0) is 14.8 Å². The van der Waals surface area contributed by atoms with E-state index in [1.807, 2.05) is 0 Å². The number of nitrogens with one attached hydrogen (secondary N) is 1. The van der Waals surface area contributed by atoms with Gasteiger partial charge in [-0.1, -0.05) is 0 Å². The van der Waals surface area contributed by atoms with Gasteiger partial charge in [-0.15, -0.1) is 0 Å². The standard InChI is InChI=1S/C16H26N4O5S/c1-9-8-13(25-4)10(2)11(3)14(9)26(23,24)20-16(18)19-7-5-6-12(17)15(21)22/h8,12H,5-7,17H2,1-4H3,(H,21,22)(H3,18,19,20)/t12-/m1/s1. The van der Waals surface area contributed by atoms with Crippen molar-refractivity contribution in [3.63, 3.8) is 0 Å². The molecule has 6 N–H and O–H groups in total. The minimum absolute atomic E-state index is 0.127. The number of rotatable bonds is 8. The van der Waals surface area contributed by atoms with E-state index in [4.69, 9.17) is 21.3 Å². The molecule has 0 aliphatic rings. The van der Waals surface area contributed by atoms with Crippen LogP contribution in [0.25, 0.3) is 0 Å². The summed E-state index contributed by atoms with van der Waals surface area (Å²) in [6.45, 7) is 5.30. The topological polar surface area (TPSA) is 157 Å². The largest absolute Gasteiger partial charge is 0.496 e. The van der Waals surface area contributed by atoms with E-state index in [0.29, 0.717) is 23.3 Å². The van der Waals surface area contributed by atoms with Gasteiger partial charge in [0.1, 0.15) is 11.8 Å². The van der Waals surface area contributed by atoms with Crippen LogP contribution in [0.4, 0.5) is 0 Å². The number of ether oxygens (including phenoxy) is 1. The number of benzene rings is 1. The fourth-order valence-corrected chi connectivity index (χ4v) is 3.98. The molecule has 0 radical (unpaired) electrons. The number of nitrogens with two attached hydrogens (primary N) is 2. The van der Waals surface area contributed by atoms with Crippen LogP contribution in [-0.4, -0.2) is 45.1 Å². The lowest BCUT2D eigenvalue weighted by Gasteiger charge is -2.16. The lowest BCUT2D eigenvalue weighted by Crippen LogP contribution is -2.37. The highest BCUT2D eigenvalue weighted by atomic mass is 32.2. The Balaban J connectivity index is 2.91. The summed E-state index contributed by atoms with van der Waals surface area (Å²) in [5, 5.41) is 8.70. The average Bonchev–Trinajstić information content (AvgIpc) is 2.53. The molecular formula is C16H26N4O5S. The minimum Gasteiger partial charge on any atom is -0.496 e. The molecular weight excluding hydrogens is 360 g/mol. The molecule has 0 unspecified atom stereocenters. The molecule has 0 spiro atoms. The molecule has 1 aromatic carbocycles. The highest BCUT2D eigenvalue weighted by Crippen LogP contribution is 2.30. The van der Waals surface area contributed by atoms with Crippen molar-refractivity contribution in [2.24, 2.45) is 16.5 Å². The zero-order valence-corrected chi connectivity index (χ0v) is 16.2. The molecule has 1 atom stereocenters. The van der Waals surface area contributed by atoms with Gasteiger partial charge in [-0.05, 0) is 56.4 Å². The lowest BCUT2D eigenvalue weighted by molar-refractivity contribution is -0.138. The number of hydrogen-bond acceptors (Lipinski definition) is 6. The van der Waals surface area contributed by atoms with E-state index in [-0.39, 0.29) is 23.8 Å². The Morgan fingerprint density at radius 1 is 1.35 bits per heavy atom. The normalized spacial score (nSPS) is 13.3. The van der Waals surface area contributed by atoms with Gasteiger partial charge in [-0.25, -0.2) is 13.1 Å². The smallest absolute Gasteiger partial charge is 0.320 e. The van der Waals surface area contributed by atoms with Crippen LogP contribution >= 0.6 is 0 Å². The van der Waals surface area contributed by atoms with Crippen LogP contribution in [0.1, 0.15) is 29.5 Å². The third-order valence-electron chi connectivity index (χ3n) is 3.98. The molecule has 0 aliphatic carbocycles. The first kappa shape index (κ1) is 21.7. The van der Waals surface area contributed by atoms with E-state index in [9.17, 15) is 13.2 Å². The van der Waals surface area contributed by atoms with Gasteiger partial charge in [0.25, 0.3) is 10.0 Å². The van der Waals surface area contributed by atoms with Crippen molar-refractivity contribution in [1.29, 1.82) is 0 Å². The minimum atomic E-state index is -3.92. The fourth-order valence-electron chi connectivity index (χ4n) is 2.50. The van der Waals surface area contributed by atoms with Crippen molar-refractivity contribution in [3.05, 3.63) is 22.8 Å². The van der Waals surface area contributed by atoms with E-state index in [1.165, 1.54) is 7.11 Å². The summed E-state index contributed by atoms with van der Waals surface area (Å²) in [4.78, 5) is 14.7. The van der Waals surface area contributed by atoms with E-state index in [0.717, 1.165) is 5.56 Å². The predicted octanol–water partition coefficient (Wildman–Crippen LogP) is 0.406. The van der Waals surface area contributed by atoms with E-state index in [2.05, 4.69) is 9.71 Å². The van der Waals surface area contributed by atoms with Crippen molar-refractivity contribution < 1.29 is 23.1 Å². The van der Waals surface area contributed by atoms with Crippen molar-refractivity contribution >= 4 is 22.0 Å². The monoisotopic (exact) mass is 386 g/mol. The zero-order valence-electron chi connectivity index (χ0n) is 15.4. The van der Waals surface area contributed by atoms with Gasteiger partial charge in [0, 0.05) is 6.54 Å². The molecule has 26 heavy (non-hydrogen) atoms. The molecule has 0 amide bonds. The van der Waals surface area contributed by atoms with Crippen molar-refractivity contribution in [2.45, 2.75) is 44.6 Å². The Labute approximate surface area is 153 Å². The number of carboxylic acids is 1. The Morgan fingerprint density at radius 3 is 2.50 bits per heavy atom. The van der Waals surface area contributed by atoms with E-state index in [1.54, 1.807) is 26.8 Å². The highest BCUT2D eigenvalue weighted by molar-refractivity contribution is 7.90. The van der Waals surface area contributed by atoms with Crippen LogP contribution in [0.15, 0.2) is 16.0 Å². The Kier molecular flexibility index (Phi) is 7.40. The molecule has 0 fully saturated rings. The molecule has 0 saturated carbocycles. The van der Waals surface area contributed by atoms with Crippen LogP contribution in [0.2, 0.25) is 0 Å². The van der Waals surface area contributed by atoms with Gasteiger partial charge < -0.3 is 21.3 Å². The first-order valence-corrected chi connectivity index (χ1v) is 9.45. The molecule has 0 saturated heterocycles. The van der Waals surface area contributed by atoms with Gasteiger partial charge in [0.15, 0.2) is 0 Å². The SMILES string of the molecule is COc1cc(C)c(S(=O)(=O)NC(N)=NCCC[C@@H](N)C(=O)O)c(C)c1C. The summed E-state index contributed by atoms with van der Waals surface area (Å²) in [6.07, 6.45) is 0.588. The first-order valence-electron chi connectivity index (χ1n) is 7.97. The van der Waals surface area contributed by atoms with Gasteiger partial charge in [0.05, 0.1) is 12.0 Å². The van der Waals surface area contributed by atoms with Crippen molar-refractivity contribution in [2.75, 3.05) is 13.7 Å². The second-order valence-corrected chi connectivity index (χ2v) is 7.55. The summed E-state index contributed by atoms with van der Waals surface area (Å²) in [5.74, 6) is -0.750. The Hall–Kier alpha value is -2.33. The summed E-state index contributed by atoms with van der Waals surface area (Å²) in [5.41, 5.74) is 12.8. The van der Waals surface area contributed by atoms with Crippen LogP contribution in [0, 0.1) is 20.8 Å². The van der Waals surface area contributed by atoms with Gasteiger partial charge >= 0.3 is 5.97 Å². The average molecular weight is 386 g/mol. The summed E-state index contributed by atoms with van der Waals surface area (Å²) >= 11 is 0.